The number of benzene rings is 2. The number of phenolic OH excluding ortho intramolecular Hbond substituents is 1. The number of phenols is 1. The molecule has 3 heteroatoms. The predicted octanol–water partition coefficient (Wildman–Crippen LogP) is 3.52. The molecular formula is C17H15NO2. The number of hydrogen-bond acceptors (Lipinski definition) is 2. The average Bonchev–Trinajstić information content (AvgIpc) is 2.39. The zero-order valence-electron chi connectivity index (χ0n) is 11.4. The lowest BCUT2D eigenvalue weighted by Crippen LogP contribution is -2.05. The third-order valence-corrected chi connectivity index (χ3v) is 3.44. The van der Waals surface area contributed by atoms with E-state index >= 15 is 0 Å². The van der Waals surface area contributed by atoms with Crippen LogP contribution >= 0.6 is 0 Å². The molecule has 3 aromatic rings. The van der Waals surface area contributed by atoms with Gasteiger partial charge in [0.15, 0.2) is 0 Å². The van der Waals surface area contributed by atoms with Gasteiger partial charge < -0.3 is 10.1 Å². The van der Waals surface area contributed by atoms with Crippen molar-refractivity contribution in [3.63, 3.8) is 0 Å². The molecule has 2 aromatic carbocycles. The average molecular weight is 265 g/mol. The van der Waals surface area contributed by atoms with E-state index in [1.807, 2.05) is 26.0 Å². The number of rotatable bonds is 1. The van der Waals surface area contributed by atoms with Crippen LogP contribution in [-0.4, -0.2) is 10.1 Å². The molecule has 3 rings (SSSR count). The first kappa shape index (κ1) is 12.5. The largest absolute Gasteiger partial charge is 0.507 e. The molecule has 0 atom stereocenters. The normalized spacial score (nSPS) is 10.9. The van der Waals surface area contributed by atoms with Crippen molar-refractivity contribution in [2.75, 3.05) is 0 Å². The maximum Gasteiger partial charge on any atom is 0.255 e. The van der Waals surface area contributed by atoms with Gasteiger partial charge in [-0.2, -0.15) is 0 Å². The molecular weight excluding hydrogens is 250 g/mol. The molecule has 20 heavy (non-hydrogen) atoms. The van der Waals surface area contributed by atoms with E-state index in [2.05, 4.69) is 11.1 Å². The number of aromatic amines is 1. The van der Waals surface area contributed by atoms with Gasteiger partial charge in [-0.3, -0.25) is 4.79 Å². The summed E-state index contributed by atoms with van der Waals surface area (Å²) in [5.74, 6) is 0.128. The van der Waals surface area contributed by atoms with Gasteiger partial charge in [0, 0.05) is 17.1 Å². The number of hydrogen-bond donors (Lipinski definition) is 2. The van der Waals surface area contributed by atoms with Gasteiger partial charge >= 0.3 is 0 Å². The van der Waals surface area contributed by atoms with Crippen molar-refractivity contribution in [2.24, 2.45) is 0 Å². The van der Waals surface area contributed by atoms with Crippen LogP contribution in [0.25, 0.3) is 21.9 Å². The Labute approximate surface area is 116 Å². The Kier molecular flexibility index (Phi) is 2.83. The van der Waals surface area contributed by atoms with Crippen molar-refractivity contribution < 1.29 is 5.11 Å². The van der Waals surface area contributed by atoms with Gasteiger partial charge in [0.2, 0.25) is 0 Å². The second kappa shape index (κ2) is 4.53. The lowest BCUT2D eigenvalue weighted by Gasteiger charge is -2.10. The van der Waals surface area contributed by atoms with Crippen LogP contribution in [0, 0.1) is 13.8 Å². The molecule has 2 N–H and O–H groups in total. The summed E-state index contributed by atoms with van der Waals surface area (Å²) in [5, 5.41) is 11.2. The minimum Gasteiger partial charge on any atom is -0.507 e. The van der Waals surface area contributed by atoms with Crippen molar-refractivity contribution >= 4 is 10.8 Å². The van der Waals surface area contributed by atoms with Gasteiger partial charge in [-0.25, -0.2) is 0 Å². The summed E-state index contributed by atoms with van der Waals surface area (Å²) in [6, 6.07) is 11.2. The molecule has 0 fully saturated rings. The molecule has 0 aliphatic carbocycles. The Morgan fingerprint density at radius 3 is 2.45 bits per heavy atom. The van der Waals surface area contributed by atoms with E-state index in [9.17, 15) is 9.90 Å². The molecule has 0 saturated carbocycles. The highest BCUT2D eigenvalue weighted by Gasteiger charge is 2.11. The molecule has 0 spiro atoms. The van der Waals surface area contributed by atoms with E-state index in [0.717, 1.165) is 22.3 Å². The van der Waals surface area contributed by atoms with Gasteiger partial charge in [-0.15, -0.1) is 0 Å². The molecule has 100 valence electrons. The van der Waals surface area contributed by atoms with Crippen molar-refractivity contribution in [2.45, 2.75) is 13.8 Å². The van der Waals surface area contributed by atoms with Crippen LogP contribution in [0.4, 0.5) is 0 Å². The first-order chi connectivity index (χ1) is 9.56. The van der Waals surface area contributed by atoms with Crippen LogP contribution in [0.5, 0.6) is 5.75 Å². The fourth-order valence-corrected chi connectivity index (χ4v) is 2.66. The third-order valence-electron chi connectivity index (χ3n) is 3.44. The number of H-pyrrole nitrogens is 1. The molecule has 0 unspecified atom stereocenters. The lowest BCUT2D eigenvalue weighted by molar-refractivity contribution is 0.481. The van der Waals surface area contributed by atoms with E-state index in [1.54, 1.807) is 24.4 Å². The second-order valence-electron chi connectivity index (χ2n) is 5.11. The number of aryl methyl sites for hydroxylation is 2. The van der Waals surface area contributed by atoms with Gasteiger partial charge in [0.25, 0.3) is 5.56 Å². The summed E-state index contributed by atoms with van der Waals surface area (Å²) in [5.41, 5.74) is 3.93. The number of fused-ring (bicyclic) bond motifs is 1. The number of aromatic nitrogens is 1. The van der Waals surface area contributed by atoms with E-state index in [0.29, 0.717) is 10.8 Å². The molecule has 0 radical (unpaired) electrons. The topological polar surface area (TPSA) is 53.1 Å². The Hall–Kier alpha value is -2.55. The van der Waals surface area contributed by atoms with Crippen LogP contribution in [0.2, 0.25) is 0 Å². The van der Waals surface area contributed by atoms with Crippen LogP contribution < -0.4 is 5.56 Å². The summed E-state index contributed by atoms with van der Waals surface area (Å²) in [6.45, 7) is 4.06. The summed E-state index contributed by atoms with van der Waals surface area (Å²) in [6.07, 6.45) is 1.67. The SMILES string of the molecule is Cc1cc(C)cc(-c2c[nH]c(=O)c3cccc(O)c23)c1. The summed E-state index contributed by atoms with van der Waals surface area (Å²) in [4.78, 5) is 14.6. The van der Waals surface area contributed by atoms with Crippen LogP contribution in [0.1, 0.15) is 11.1 Å². The lowest BCUT2D eigenvalue weighted by atomic mass is 9.97. The summed E-state index contributed by atoms with van der Waals surface area (Å²) < 4.78 is 0. The maximum absolute atomic E-state index is 11.9. The molecule has 1 aromatic heterocycles. The molecule has 0 bridgehead atoms. The fourth-order valence-electron chi connectivity index (χ4n) is 2.66. The highest BCUT2D eigenvalue weighted by Crippen LogP contribution is 2.33. The minimum absolute atomic E-state index is 0.128. The van der Waals surface area contributed by atoms with E-state index in [4.69, 9.17) is 0 Å². The Balaban J connectivity index is 2.43. The summed E-state index contributed by atoms with van der Waals surface area (Å²) >= 11 is 0. The molecule has 3 nitrogen and oxygen atoms in total. The molecule has 0 aliphatic rings. The van der Waals surface area contributed by atoms with Crippen molar-refractivity contribution in [3.05, 3.63) is 64.1 Å². The van der Waals surface area contributed by atoms with Gasteiger partial charge in [-0.1, -0.05) is 35.4 Å². The Bertz CT molecular complexity index is 842. The molecule has 0 amide bonds. The van der Waals surface area contributed by atoms with E-state index < -0.39 is 0 Å². The first-order valence-electron chi connectivity index (χ1n) is 6.48. The predicted molar refractivity (Wildman–Crippen MR) is 81.1 cm³/mol. The zero-order valence-corrected chi connectivity index (χ0v) is 11.4. The Morgan fingerprint density at radius 2 is 1.75 bits per heavy atom. The Morgan fingerprint density at radius 1 is 1.05 bits per heavy atom. The van der Waals surface area contributed by atoms with E-state index in [1.165, 1.54) is 0 Å². The molecule has 0 saturated heterocycles. The number of nitrogens with one attached hydrogen (secondary N) is 1. The van der Waals surface area contributed by atoms with Gasteiger partial charge in [-0.05, 0) is 31.5 Å². The molecule has 0 aliphatic heterocycles. The van der Waals surface area contributed by atoms with Crippen LogP contribution in [-0.2, 0) is 0 Å². The van der Waals surface area contributed by atoms with E-state index in [-0.39, 0.29) is 11.3 Å². The van der Waals surface area contributed by atoms with Gasteiger partial charge in [0.05, 0.1) is 5.39 Å². The zero-order chi connectivity index (χ0) is 14.3. The van der Waals surface area contributed by atoms with Gasteiger partial charge in [0.1, 0.15) is 5.75 Å². The minimum atomic E-state index is -0.191. The maximum atomic E-state index is 11.9. The smallest absolute Gasteiger partial charge is 0.255 e. The highest BCUT2D eigenvalue weighted by atomic mass is 16.3. The van der Waals surface area contributed by atoms with Crippen molar-refractivity contribution in [3.8, 4) is 16.9 Å². The fraction of sp³-hybridized carbons (Fsp3) is 0.118. The quantitative estimate of drug-likeness (QED) is 0.707. The molecule has 1 heterocycles. The van der Waals surface area contributed by atoms with Crippen molar-refractivity contribution in [1.29, 1.82) is 0 Å². The van der Waals surface area contributed by atoms with Crippen LogP contribution in [0.15, 0.2) is 47.4 Å². The summed E-state index contributed by atoms with van der Waals surface area (Å²) in [7, 11) is 0. The number of pyridine rings is 1. The van der Waals surface area contributed by atoms with Crippen LogP contribution in [0.3, 0.4) is 0 Å². The second-order valence-corrected chi connectivity index (χ2v) is 5.11. The third kappa shape index (κ3) is 1.97. The number of aromatic hydroxyl groups is 1. The van der Waals surface area contributed by atoms with Crippen molar-refractivity contribution in [1.82, 2.24) is 4.98 Å². The monoisotopic (exact) mass is 265 g/mol. The highest BCUT2D eigenvalue weighted by molar-refractivity contribution is 5.99. The standard InChI is InChI=1S/C17H15NO2/c1-10-6-11(2)8-12(7-10)14-9-18-17(20)13-4-3-5-15(19)16(13)14/h3-9,19H,1-2H3,(H,18,20). The first-order valence-corrected chi connectivity index (χ1v) is 6.48.